The lowest BCUT2D eigenvalue weighted by atomic mass is 10.2. The number of hydrogen-bond donors (Lipinski definition) is 1. The van der Waals surface area contributed by atoms with E-state index in [1.54, 1.807) is 12.5 Å². The lowest BCUT2D eigenvalue weighted by Crippen LogP contribution is -1.83. The van der Waals surface area contributed by atoms with Crippen molar-refractivity contribution < 1.29 is 0 Å². The van der Waals surface area contributed by atoms with Crippen LogP contribution in [-0.4, -0.2) is 20.2 Å². The Morgan fingerprint density at radius 3 is 2.93 bits per heavy atom. The minimum absolute atomic E-state index is 0.707. The van der Waals surface area contributed by atoms with Gasteiger partial charge in [0.2, 0.25) is 0 Å². The number of nitrogens with one attached hydrogen (secondary N) is 1. The number of aromatic amines is 1. The van der Waals surface area contributed by atoms with Crippen LogP contribution in [0.25, 0.3) is 11.4 Å². The largest absolute Gasteiger partial charge is 0.282 e. The van der Waals surface area contributed by atoms with Crippen LogP contribution in [0, 0.1) is 0 Å². The van der Waals surface area contributed by atoms with Gasteiger partial charge in [0.25, 0.3) is 0 Å². The van der Waals surface area contributed by atoms with Gasteiger partial charge in [-0.1, -0.05) is 0 Å². The van der Waals surface area contributed by atoms with Gasteiger partial charge in [-0.25, -0.2) is 9.97 Å². The summed E-state index contributed by atoms with van der Waals surface area (Å²) in [6.07, 6.45) is 5.84. The lowest BCUT2D eigenvalue weighted by Gasteiger charge is -1.90. The summed E-state index contributed by atoms with van der Waals surface area (Å²) in [7, 11) is 0. The van der Waals surface area contributed by atoms with E-state index < -0.39 is 0 Å². The molecular formula is C10H10N4. The predicted octanol–water partition coefficient (Wildman–Crippen LogP) is 1.74. The molecule has 0 aromatic carbocycles. The van der Waals surface area contributed by atoms with Gasteiger partial charge in [0.05, 0.1) is 5.69 Å². The van der Waals surface area contributed by atoms with Crippen LogP contribution in [0.2, 0.25) is 0 Å². The molecule has 0 bridgehead atoms. The Morgan fingerprint density at radius 1 is 1.29 bits per heavy atom. The minimum atomic E-state index is 0.707. The zero-order valence-corrected chi connectivity index (χ0v) is 7.64. The molecule has 4 heteroatoms. The van der Waals surface area contributed by atoms with Gasteiger partial charge in [-0.3, -0.25) is 5.10 Å². The third-order valence-corrected chi connectivity index (χ3v) is 2.46. The van der Waals surface area contributed by atoms with Crippen LogP contribution in [0.15, 0.2) is 24.7 Å². The van der Waals surface area contributed by atoms with Crippen LogP contribution in [0.1, 0.15) is 24.5 Å². The second kappa shape index (κ2) is 2.90. The fraction of sp³-hybridized carbons (Fsp3) is 0.300. The Labute approximate surface area is 81.4 Å². The molecular weight excluding hydrogens is 176 g/mol. The zero-order chi connectivity index (χ0) is 9.38. The molecule has 14 heavy (non-hydrogen) atoms. The van der Waals surface area contributed by atoms with Crippen molar-refractivity contribution in [3.05, 3.63) is 30.4 Å². The van der Waals surface area contributed by atoms with Crippen molar-refractivity contribution in [2.45, 2.75) is 18.8 Å². The third-order valence-electron chi connectivity index (χ3n) is 2.46. The van der Waals surface area contributed by atoms with Crippen molar-refractivity contribution in [2.75, 3.05) is 0 Å². The molecule has 0 atom stereocenters. The van der Waals surface area contributed by atoms with E-state index in [1.165, 1.54) is 18.5 Å². The van der Waals surface area contributed by atoms with Gasteiger partial charge in [-0.2, -0.15) is 5.10 Å². The van der Waals surface area contributed by atoms with Crippen molar-refractivity contribution in [1.82, 2.24) is 20.2 Å². The maximum Gasteiger partial charge on any atom is 0.116 e. The summed E-state index contributed by atoms with van der Waals surface area (Å²) >= 11 is 0. The van der Waals surface area contributed by atoms with Crippen LogP contribution < -0.4 is 0 Å². The Balaban J connectivity index is 1.96. The predicted molar refractivity (Wildman–Crippen MR) is 51.6 cm³/mol. The molecule has 1 saturated carbocycles. The standard InChI is InChI=1S/C10H10N4/c1-2-7(1)9-5-10(14-13-9)8-3-4-11-6-12-8/h3-7H,1-2H2,(H,13,14). The van der Waals surface area contributed by atoms with E-state index in [4.69, 9.17) is 0 Å². The number of aromatic nitrogens is 4. The van der Waals surface area contributed by atoms with E-state index in [9.17, 15) is 0 Å². The Kier molecular flexibility index (Phi) is 1.59. The maximum absolute atomic E-state index is 4.23. The minimum Gasteiger partial charge on any atom is -0.282 e. The van der Waals surface area contributed by atoms with Crippen LogP contribution >= 0.6 is 0 Å². The molecule has 1 aliphatic rings. The normalized spacial score (nSPS) is 15.7. The Morgan fingerprint density at radius 2 is 2.21 bits per heavy atom. The van der Waals surface area contributed by atoms with Crippen LogP contribution in [0.4, 0.5) is 0 Å². The van der Waals surface area contributed by atoms with Gasteiger partial charge in [0.15, 0.2) is 0 Å². The molecule has 2 aromatic rings. The molecule has 1 N–H and O–H groups in total. The molecule has 2 heterocycles. The Hall–Kier alpha value is -1.71. The number of hydrogen-bond acceptors (Lipinski definition) is 3. The highest BCUT2D eigenvalue weighted by molar-refractivity contribution is 5.53. The first-order chi connectivity index (χ1) is 6.93. The first-order valence-corrected chi connectivity index (χ1v) is 4.75. The molecule has 0 radical (unpaired) electrons. The number of rotatable bonds is 2. The average Bonchev–Trinajstić information content (AvgIpc) is 2.98. The highest BCUT2D eigenvalue weighted by atomic mass is 15.1. The van der Waals surface area contributed by atoms with Crippen molar-refractivity contribution in [2.24, 2.45) is 0 Å². The SMILES string of the molecule is c1cc(-c2cc(C3CC3)[nH]n2)ncn1. The quantitative estimate of drug-likeness (QED) is 0.777. The molecule has 3 rings (SSSR count). The van der Waals surface area contributed by atoms with Crippen LogP contribution in [0.5, 0.6) is 0 Å². The third kappa shape index (κ3) is 1.28. The summed E-state index contributed by atoms with van der Waals surface area (Å²) in [6.45, 7) is 0. The lowest BCUT2D eigenvalue weighted by molar-refractivity contribution is 0.965. The summed E-state index contributed by atoms with van der Waals surface area (Å²) in [5.74, 6) is 0.707. The van der Waals surface area contributed by atoms with Gasteiger partial charge in [0.1, 0.15) is 12.0 Å². The average molecular weight is 186 g/mol. The van der Waals surface area contributed by atoms with Gasteiger partial charge in [0, 0.05) is 17.8 Å². The molecule has 1 fully saturated rings. The van der Waals surface area contributed by atoms with E-state index in [2.05, 4.69) is 26.2 Å². The van der Waals surface area contributed by atoms with Gasteiger partial charge < -0.3 is 0 Å². The number of H-pyrrole nitrogens is 1. The van der Waals surface area contributed by atoms with Crippen molar-refractivity contribution >= 4 is 0 Å². The summed E-state index contributed by atoms with van der Waals surface area (Å²) in [5.41, 5.74) is 3.02. The molecule has 0 unspecified atom stereocenters. The van der Waals surface area contributed by atoms with Crippen molar-refractivity contribution in [1.29, 1.82) is 0 Å². The fourth-order valence-corrected chi connectivity index (χ4v) is 1.51. The van der Waals surface area contributed by atoms with Gasteiger partial charge in [-0.05, 0) is 25.0 Å². The first kappa shape index (κ1) is 7.67. The number of nitrogens with zero attached hydrogens (tertiary/aromatic N) is 3. The molecule has 0 saturated heterocycles. The summed E-state index contributed by atoms with van der Waals surface area (Å²) < 4.78 is 0. The summed E-state index contributed by atoms with van der Waals surface area (Å²) in [5, 5.41) is 7.29. The van der Waals surface area contributed by atoms with Crippen molar-refractivity contribution in [3.63, 3.8) is 0 Å². The monoisotopic (exact) mass is 186 g/mol. The molecule has 0 aliphatic heterocycles. The molecule has 0 spiro atoms. The fourth-order valence-electron chi connectivity index (χ4n) is 1.51. The highest BCUT2D eigenvalue weighted by Gasteiger charge is 2.25. The van der Waals surface area contributed by atoms with Crippen molar-refractivity contribution in [3.8, 4) is 11.4 Å². The highest BCUT2D eigenvalue weighted by Crippen LogP contribution is 2.39. The molecule has 0 amide bonds. The van der Waals surface area contributed by atoms with E-state index >= 15 is 0 Å². The van der Waals surface area contributed by atoms with E-state index in [1.807, 2.05) is 6.07 Å². The van der Waals surface area contributed by atoms with Crippen LogP contribution in [0.3, 0.4) is 0 Å². The maximum atomic E-state index is 4.23. The first-order valence-electron chi connectivity index (χ1n) is 4.75. The van der Waals surface area contributed by atoms with Gasteiger partial charge in [-0.15, -0.1) is 0 Å². The van der Waals surface area contributed by atoms with E-state index in [0.717, 1.165) is 11.4 Å². The van der Waals surface area contributed by atoms with E-state index in [0.29, 0.717) is 5.92 Å². The summed E-state index contributed by atoms with van der Waals surface area (Å²) in [4.78, 5) is 8.02. The second-order valence-electron chi connectivity index (χ2n) is 3.58. The Bertz CT molecular complexity index is 430. The topological polar surface area (TPSA) is 54.5 Å². The molecule has 2 aromatic heterocycles. The molecule has 1 aliphatic carbocycles. The van der Waals surface area contributed by atoms with E-state index in [-0.39, 0.29) is 0 Å². The van der Waals surface area contributed by atoms with Crippen LogP contribution in [-0.2, 0) is 0 Å². The smallest absolute Gasteiger partial charge is 0.116 e. The molecule has 4 nitrogen and oxygen atoms in total. The second-order valence-corrected chi connectivity index (χ2v) is 3.58. The summed E-state index contributed by atoms with van der Waals surface area (Å²) in [6, 6.07) is 3.95. The van der Waals surface area contributed by atoms with Gasteiger partial charge >= 0.3 is 0 Å². The molecule has 70 valence electrons. The zero-order valence-electron chi connectivity index (χ0n) is 7.64.